The smallest absolute Gasteiger partial charge is 0.236 e. The third-order valence-corrected chi connectivity index (χ3v) is 5.29. The fraction of sp³-hybridized carbons (Fsp3) is 0.625. The second kappa shape index (κ2) is 12.7. The van der Waals surface area contributed by atoms with Crippen molar-refractivity contribution in [3.8, 4) is 5.69 Å². The molecule has 0 atom stereocenters. The van der Waals surface area contributed by atoms with E-state index in [1.54, 1.807) is 0 Å². The van der Waals surface area contributed by atoms with Crippen molar-refractivity contribution in [2.75, 3.05) is 0 Å². The fourth-order valence-electron chi connectivity index (χ4n) is 3.53. The molecule has 0 aliphatic carbocycles. The maximum atomic E-state index is 2.32. The number of benzene rings is 1. The lowest BCUT2D eigenvalue weighted by Gasteiger charge is -2.02. The van der Waals surface area contributed by atoms with Gasteiger partial charge < -0.3 is 0 Å². The number of unbranched alkanes of at least 4 members (excludes halogenated alkanes) is 11. The Balaban J connectivity index is 1.48. The predicted molar refractivity (Wildman–Crippen MR) is 112 cm³/mol. The number of hydrogen-bond acceptors (Lipinski definition) is 0. The number of hydrogen-bond donors (Lipinski definition) is 0. The molecule has 1 aromatic carbocycles. The molecule has 0 bridgehead atoms. The van der Waals surface area contributed by atoms with Crippen molar-refractivity contribution in [2.45, 2.75) is 97.4 Å². The highest BCUT2D eigenvalue weighted by Crippen LogP contribution is 2.12. The Labute approximate surface area is 161 Å². The Hall–Kier alpha value is -1.57. The van der Waals surface area contributed by atoms with Crippen molar-refractivity contribution in [3.63, 3.8) is 0 Å². The van der Waals surface area contributed by atoms with Gasteiger partial charge in [-0.25, -0.2) is 9.13 Å². The van der Waals surface area contributed by atoms with Gasteiger partial charge in [0.1, 0.15) is 18.1 Å². The monoisotopic (exact) mass is 355 g/mol. The third kappa shape index (κ3) is 8.21. The van der Waals surface area contributed by atoms with Gasteiger partial charge in [-0.15, -0.1) is 0 Å². The van der Waals surface area contributed by atoms with Crippen molar-refractivity contribution < 1.29 is 4.57 Å². The first kappa shape index (κ1) is 20.7. The first-order valence-corrected chi connectivity index (χ1v) is 10.9. The SMILES string of the molecule is CCCCCCCCCCCCCC[n+]1ccn(-c2ccc(C)cc2)c1. The standard InChI is InChI=1S/C24H39N2/c1-3-4-5-6-7-8-9-10-11-12-13-14-19-25-20-21-26(22-25)24-17-15-23(2)16-18-24/h15-18,20-22H,3-14,19H2,1-2H3/q+1. The highest BCUT2D eigenvalue weighted by Gasteiger charge is 2.05. The fourth-order valence-corrected chi connectivity index (χ4v) is 3.53. The van der Waals surface area contributed by atoms with Gasteiger partial charge in [0.25, 0.3) is 0 Å². The molecule has 2 aromatic rings. The van der Waals surface area contributed by atoms with E-state index in [0.717, 1.165) is 6.54 Å². The largest absolute Gasteiger partial charge is 0.248 e. The van der Waals surface area contributed by atoms with E-state index in [1.807, 2.05) is 0 Å². The number of imidazole rings is 1. The number of rotatable bonds is 14. The van der Waals surface area contributed by atoms with E-state index in [4.69, 9.17) is 0 Å². The summed E-state index contributed by atoms with van der Waals surface area (Å²) in [5, 5.41) is 0. The lowest BCUT2D eigenvalue weighted by Crippen LogP contribution is -2.30. The summed E-state index contributed by atoms with van der Waals surface area (Å²) < 4.78 is 4.52. The van der Waals surface area contributed by atoms with Crippen molar-refractivity contribution in [1.29, 1.82) is 0 Å². The van der Waals surface area contributed by atoms with Crippen molar-refractivity contribution in [3.05, 3.63) is 48.5 Å². The second-order valence-electron chi connectivity index (χ2n) is 7.78. The van der Waals surface area contributed by atoms with Crippen molar-refractivity contribution in [1.82, 2.24) is 4.57 Å². The van der Waals surface area contributed by atoms with E-state index in [9.17, 15) is 0 Å². The van der Waals surface area contributed by atoms with E-state index in [2.05, 4.69) is 66.0 Å². The lowest BCUT2D eigenvalue weighted by atomic mass is 10.1. The summed E-state index contributed by atoms with van der Waals surface area (Å²) in [7, 11) is 0. The van der Waals surface area contributed by atoms with Crippen LogP contribution < -0.4 is 4.57 Å². The van der Waals surface area contributed by atoms with Gasteiger partial charge in [-0.05, 0) is 31.9 Å². The molecule has 2 rings (SSSR count). The summed E-state index contributed by atoms with van der Waals surface area (Å²) in [4.78, 5) is 0. The van der Waals surface area contributed by atoms with Gasteiger partial charge in [-0.2, -0.15) is 0 Å². The predicted octanol–water partition coefficient (Wildman–Crippen LogP) is 6.77. The summed E-state index contributed by atoms with van der Waals surface area (Å²) in [6, 6.07) is 8.71. The van der Waals surface area contributed by atoms with E-state index < -0.39 is 0 Å². The second-order valence-corrected chi connectivity index (χ2v) is 7.78. The third-order valence-electron chi connectivity index (χ3n) is 5.29. The average Bonchev–Trinajstić information content (AvgIpc) is 3.12. The molecule has 0 aliphatic heterocycles. The van der Waals surface area contributed by atoms with E-state index >= 15 is 0 Å². The van der Waals surface area contributed by atoms with Crippen LogP contribution in [0.5, 0.6) is 0 Å². The zero-order valence-corrected chi connectivity index (χ0v) is 17.1. The van der Waals surface area contributed by atoms with Crippen LogP contribution in [0.1, 0.15) is 89.5 Å². The Morgan fingerprint density at radius 3 is 1.85 bits per heavy atom. The summed E-state index contributed by atoms with van der Waals surface area (Å²) in [5.41, 5.74) is 2.55. The maximum Gasteiger partial charge on any atom is 0.248 e. The Bertz CT molecular complexity index is 583. The molecule has 0 N–H and O–H groups in total. The number of aryl methyl sites for hydroxylation is 2. The van der Waals surface area contributed by atoms with Crippen LogP contribution in [0.2, 0.25) is 0 Å². The minimum atomic E-state index is 1.14. The van der Waals surface area contributed by atoms with Gasteiger partial charge >= 0.3 is 0 Å². The maximum absolute atomic E-state index is 2.32. The number of aromatic nitrogens is 2. The highest BCUT2D eigenvalue weighted by molar-refractivity contribution is 5.33. The minimum absolute atomic E-state index is 1.14. The zero-order valence-electron chi connectivity index (χ0n) is 17.1. The molecular formula is C24H39N2+. The topological polar surface area (TPSA) is 8.81 Å². The molecule has 0 aliphatic rings. The normalized spacial score (nSPS) is 11.2. The Kier molecular flexibility index (Phi) is 10.2. The van der Waals surface area contributed by atoms with Gasteiger partial charge in [0, 0.05) is 0 Å². The van der Waals surface area contributed by atoms with Crippen LogP contribution in [-0.2, 0) is 6.54 Å². The summed E-state index contributed by atoms with van der Waals surface area (Å²) in [6.45, 7) is 5.56. The number of nitrogens with zero attached hydrogens (tertiary/aromatic N) is 2. The quantitative estimate of drug-likeness (QED) is 0.261. The summed E-state index contributed by atoms with van der Waals surface area (Å²) in [6.07, 6.45) is 23.5. The van der Waals surface area contributed by atoms with Crippen LogP contribution in [-0.4, -0.2) is 4.57 Å². The van der Waals surface area contributed by atoms with Gasteiger partial charge in [0.05, 0.1) is 6.54 Å². The van der Waals surface area contributed by atoms with E-state index in [0.29, 0.717) is 0 Å². The van der Waals surface area contributed by atoms with Crippen LogP contribution in [0.3, 0.4) is 0 Å². The molecule has 0 spiro atoms. The average molecular weight is 356 g/mol. The Morgan fingerprint density at radius 2 is 1.27 bits per heavy atom. The molecule has 0 radical (unpaired) electrons. The molecule has 2 nitrogen and oxygen atoms in total. The molecule has 0 unspecified atom stereocenters. The van der Waals surface area contributed by atoms with Gasteiger partial charge in [-0.1, -0.05) is 88.8 Å². The molecule has 0 saturated heterocycles. The molecule has 0 amide bonds. The van der Waals surface area contributed by atoms with Crippen LogP contribution in [0.4, 0.5) is 0 Å². The summed E-state index contributed by atoms with van der Waals surface area (Å²) >= 11 is 0. The first-order chi connectivity index (χ1) is 12.8. The molecule has 0 fully saturated rings. The van der Waals surface area contributed by atoms with Crippen molar-refractivity contribution >= 4 is 0 Å². The van der Waals surface area contributed by atoms with Crippen LogP contribution in [0.25, 0.3) is 5.69 Å². The lowest BCUT2D eigenvalue weighted by molar-refractivity contribution is -0.696. The molecule has 144 valence electrons. The molecular weight excluding hydrogens is 316 g/mol. The van der Waals surface area contributed by atoms with E-state index in [-0.39, 0.29) is 0 Å². The highest BCUT2D eigenvalue weighted by atomic mass is 15.1. The minimum Gasteiger partial charge on any atom is -0.236 e. The first-order valence-electron chi connectivity index (χ1n) is 10.9. The van der Waals surface area contributed by atoms with Crippen molar-refractivity contribution in [2.24, 2.45) is 0 Å². The van der Waals surface area contributed by atoms with Crippen LogP contribution in [0, 0.1) is 6.92 Å². The summed E-state index contributed by atoms with van der Waals surface area (Å²) in [5.74, 6) is 0. The van der Waals surface area contributed by atoms with Gasteiger partial charge in [0.15, 0.2) is 0 Å². The molecule has 2 heteroatoms. The van der Waals surface area contributed by atoms with E-state index in [1.165, 1.54) is 88.3 Å². The molecule has 1 heterocycles. The van der Waals surface area contributed by atoms with Crippen LogP contribution >= 0.6 is 0 Å². The molecule has 26 heavy (non-hydrogen) atoms. The molecule has 1 aromatic heterocycles. The Morgan fingerprint density at radius 1 is 0.731 bits per heavy atom. The van der Waals surface area contributed by atoms with Gasteiger partial charge in [-0.3, -0.25) is 0 Å². The zero-order chi connectivity index (χ0) is 18.5. The van der Waals surface area contributed by atoms with Crippen LogP contribution in [0.15, 0.2) is 43.0 Å². The molecule has 0 saturated carbocycles. The van der Waals surface area contributed by atoms with Gasteiger partial charge in [0.2, 0.25) is 6.33 Å².